The van der Waals surface area contributed by atoms with Crippen molar-refractivity contribution in [3.05, 3.63) is 24.0 Å². The predicted octanol–water partition coefficient (Wildman–Crippen LogP) is 0.642. The molecule has 1 amide bonds. The van der Waals surface area contributed by atoms with Crippen LogP contribution in [0.2, 0.25) is 0 Å². The maximum absolute atomic E-state index is 11.8. The van der Waals surface area contributed by atoms with E-state index < -0.39 is 0 Å². The van der Waals surface area contributed by atoms with Crippen molar-refractivity contribution in [3.8, 4) is 0 Å². The SMILES string of the molecule is CNc1ccnc(C(=O)NC2CCOC2)c1. The second-order valence-corrected chi connectivity index (χ2v) is 3.71. The molecule has 86 valence electrons. The number of hydrogen-bond donors (Lipinski definition) is 2. The predicted molar refractivity (Wildman–Crippen MR) is 60.5 cm³/mol. The summed E-state index contributed by atoms with van der Waals surface area (Å²) < 4.78 is 5.19. The third-order valence-electron chi connectivity index (χ3n) is 2.55. The van der Waals surface area contributed by atoms with Crippen molar-refractivity contribution in [1.82, 2.24) is 10.3 Å². The van der Waals surface area contributed by atoms with Gasteiger partial charge in [0.05, 0.1) is 12.6 Å². The van der Waals surface area contributed by atoms with Crippen LogP contribution in [0.4, 0.5) is 5.69 Å². The third kappa shape index (κ3) is 2.49. The van der Waals surface area contributed by atoms with Crippen molar-refractivity contribution in [2.24, 2.45) is 0 Å². The lowest BCUT2D eigenvalue weighted by molar-refractivity contribution is 0.0925. The van der Waals surface area contributed by atoms with Crippen LogP contribution in [-0.2, 0) is 4.74 Å². The van der Waals surface area contributed by atoms with E-state index >= 15 is 0 Å². The Balaban J connectivity index is 2.01. The monoisotopic (exact) mass is 221 g/mol. The molecule has 1 fully saturated rings. The largest absolute Gasteiger partial charge is 0.388 e. The number of carbonyl (C=O) groups excluding carboxylic acids is 1. The van der Waals surface area contributed by atoms with Gasteiger partial charge < -0.3 is 15.4 Å². The number of pyridine rings is 1. The van der Waals surface area contributed by atoms with Crippen LogP contribution in [0, 0.1) is 0 Å². The number of nitrogens with zero attached hydrogens (tertiary/aromatic N) is 1. The Bertz CT molecular complexity index is 375. The van der Waals surface area contributed by atoms with E-state index in [0.29, 0.717) is 12.3 Å². The molecule has 1 unspecified atom stereocenters. The van der Waals surface area contributed by atoms with Crippen LogP contribution in [0.15, 0.2) is 18.3 Å². The highest BCUT2D eigenvalue weighted by atomic mass is 16.5. The van der Waals surface area contributed by atoms with E-state index in [0.717, 1.165) is 18.7 Å². The maximum Gasteiger partial charge on any atom is 0.270 e. The second kappa shape index (κ2) is 4.94. The Morgan fingerprint density at radius 3 is 3.19 bits per heavy atom. The minimum Gasteiger partial charge on any atom is -0.388 e. The third-order valence-corrected chi connectivity index (χ3v) is 2.55. The normalized spacial score (nSPS) is 19.4. The van der Waals surface area contributed by atoms with Gasteiger partial charge in [0.15, 0.2) is 0 Å². The Hall–Kier alpha value is -1.62. The number of rotatable bonds is 3. The Labute approximate surface area is 94.2 Å². The van der Waals surface area contributed by atoms with Crippen LogP contribution >= 0.6 is 0 Å². The summed E-state index contributed by atoms with van der Waals surface area (Å²) in [6.07, 6.45) is 2.49. The summed E-state index contributed by atoms with van der Waals surface area (Å²) in [7, 11) is 1.81. The molecule has 1 aromatic rings. The van der Waals surface area contributed by atoms with Crippen LogP contribution < -0.4 is 10.6 Å². The molecule has 0 spiro atoms. The first-order valence-electron chi connectivity index (χ1n) is 5.32. The summed E-state index contributed by atoms with van der Waals surface area (Å²) in [5.74, 6) is -0.146. The van der Waals surface area contributed by atoms with Gasteiger partial charge in [-0.2, -0.15) is 0 Å². The Morgan fingerprint density at radius 2 is 2.50 bits per heavy atom. The molecule has 0 aliphatic carbocycles. The minimum absolute atomic E-state index is 0.118. The van der Waals surface area contributed by atoms with Crippen molar-refractivity contribution in [1.29, 1.82) is 0 Å². The number of aromatic nitrogens is 1. The van der Waals surface area contributed by atoms with E-state index in [1.807, 2.05) is 13.1 Å². The molecular formula is C11H15N3O2. The van der Waals surface area contributed by atoms with Crippen LogP contribution in [0.3, 0.4) is 0 Å². The molecule has 2 rings (SSSR count). The lowest BCUT2D eigenvalue weighted by atomic mass is 10.2. The summed E-state index contributed by atoms with van der Waals surface area (Å²) in [6, 6.07) is 3.66. The van der Waals surface area contributed by atoms with Crippen molar-refractivity contribution in [2.45, 2.75) is 12.5 Å². The highest BCUT2D eigenvalue weighted by Crippen LogP contribution is 2.08. The lowest BCUT2D eigenvalue weighted by Gasteiger charge is -2.10. The Morgan fingerprint density at radius 1 is 1.62 bits per heavy atom. The average molecular weight is 221 g/mol. The fourth-order valence-electron chi connectivity index (χ4n) is 1.62. The molecule has 2 N–H and O–H groups in total. The highest BCUT2D eigenvalue weighted by molar-refractivity contribution is 5.93. The molecular weight excluding hydrogens is 206 g/mol. The number of amides is 1. The van der Waals surface area contributed by atoms with E-state index in [4.69, 9.17) is 4.74 Å². The molecule has 1 aliphatic rings. The molecule has 5 nitrogen and oxygen atoms in total. The van der Waals surface area contributed by atoms with E-state index in [1.54, 1.807) is 12.3 Å². The molecule has 5 heteroatoms. The first-order valence-corrected chi connectivity index (χ1v) is 5.32. The summed E-state index contributed by atoms with van der Waals surface area (Å²) in [5, 5.41) is 5.86. The van der Waals surface area contributed by atoms with Gasteiger partial charge in [0, 0.05) is 25.5 Å². The van der Waals surface area contributed by atoms with E-state index in [9.17, 15) is 4.79 Å². The van der Waals surface area contributed by atoms with Gasteiger partial charge >= 0.3 is 0 Å². The van der Waals surface area contributed by atoms with E-state index in [1.165, 1.54) is 0 Å². The van der Waals surface area contributed by atoms with Crippen LogP contribution in [0.1, 0.15) is 16.9 Å². The zero-order valence-electron chi connectivity index (χ0n) is 9.19. The molecule has 0 radical (unpaired) electrons. The van der Waals surface area contributed by atoms with Gasteiger partial charge in [-0.3, -0.25) is 9.78 Å². The average Bonchev–Trinajstić information content (AvgIpc) is 2.82. The quantitative estimate of drug-likeness (QED) is 0.786. The number of carbonyl (C=O) groups is 1. The molecule has 1 aliphatic heterocycles. The van der Waals surface area contributed by atoms with Gasteiger partial charge in [-0.15, -0.1) is 0 Å². The zero-order chi connectivity index (χ0) is 11.4. The number of anilines is 1. The van der Waals surface area contributed by atoms with Crippen molar-refractivity contribution in [3.63, 3.8) is 0 Å². The van der Waals surface area contributed by atoms with Gasteiger partial charge in [0.25, 0.3) is 5.91 Å². The van der Waals surface area contributed by atoms with Crippen molar-refractivity contribution in [2.75, 3.05) is 25.6 Å². The standard InChI is InChI=1S/C11H15N3O2/c1-12-8-2-4-13-10(6-8)11(15)14-9-3-5-16-7-9/h2,4,6,9H,3,5,7H2,1H3,(H,12,13)(H,14,15). The summed E-state index contributed by atoms with van der Waals surface area (Å²) >= 11 is 0. The number of ether oxygens (including phenoxy) is 1. The van der Waals surface area contributed by atoms with Crippen LogP contribution in [0.25, 0.3) is 0 Å². The molecule has 16 heavy (non-hydrogen) atoms. The fourth-order valence-corrected chi connectivity index (χ4v) is 1.62. The van der Waals surface area contributed by atoms with Crippen LogP contribution in [-0.4, -0.2) is 37.2 Å². The summed E-state index contributed by atoms with van der Waals surface area (Å²) in [6.45, 7) is 1.31. The van der Waals surface area contributed by atoms with Gasteiger partial charge in [0.1, 0.15) is 5.69 Å². The maximum atomic E-state index is 11.8. The van der Waals surface area contributed by atoms with Crippen molar-refractivity contribution < 1.29 is 9.53 Å². The minimum atomic E-state index is -0.146. The van der Waals surface area contributed by atoms with E-state index in [-0.39, 0.29) is 11.9 Å². The first-order chi connectivity index (χ1) is 7.79. The number of nitrogens with one attached hydrogen (secondary N) is 2. The van der Waals surface area contributed by atoms with Gasteiger partial charge in [-0.05, 0) is 18.6 Å². The fraction of sp³-hybridized carbons (Fsp3) is 0.455. The smallest absolute Gasteiger partial charge is 0.270 e. The lowest BCUT2D eigenvalue weighted by Crippen LogP contribution is -2.35. The second-order valence-electron chi connectivity index (χ2n) is 3.71. The molecule has 1 saturated heterocycles. The molecule has 2 heterocycles. The summed E-state index contributed by atoms with van der Waals surface area (Å²) in [5.41, 5.74) is 1.31. The van der Waals surface area contributed by atoms with Crippen molar-refractivity contribution >= 4 is 11.6 Å². The van der Waals surface area contributed by atoms with Gasteiger partial charge in [-0.1, -0.05) is 0 Å². The number of hydrogen-bond acceptors (Lipinski definition) is 4. The zero-order valence-corrected chi connectivity index (χ0v) is 9.19. The van der Waals surface area contributed by atoms with E-state index in [2.05, 4.69) is 15.6 Å². The topological polar surface area (TPSA) is 63.2 Å². The molecule has 0 aromatic carbocycles. The summed E-state index contributed by atoms with van der Waals surface area (Å²) in [4.78, 5) is 15.8. The van der Waals surface area contributed by atoms with Crippen LogP contribution in [0.5, 0.6) is 0 Å². The van der Waals surface area contributed by atoms with Gasteiger partial charge in [0.2, 0.25) is 0 Å². The highest BCUT2D eigenvalue weighted by Gasteiger charge is 2.19. The van der Waals surface area contributed by atoms with Gasteiger partial charge in [-0.25, -0.2) is 0 Å². The molecule has 0 saturated carbocycles. The molecule has 0 bridgehead atoms. The molecule has 1 atom stereocenters. The first kappa shape index (κ1) is 10.9. The Kier molecular flexibility index (Phi) is 3.36. The molecule has 1 aromatic heterocycles.